The summed E-state index contributed by atoms with van der Waals surface area (Å²) in [7, 11) is 1.31. The number of esters is 1. The molecule has 0 aliphatic heterocycles. The second kappa shape index (κ2) is 9.84. The van der Waals surface area contributed by atoms with E-state index in [0.717, 1.165) is 17.8 Å². The Bertz CT molecular complexity index is 1060. The summed E-state index contributed by atoms with van der Waals surface area (Å²) in [6.07, 6.45) is -0.808. The van der Waals surface area contributed by atoms with Gasteiger partial charge in [-0.1, -0.05) is 42.5 Å². The first kappa shape index (κ1) is 22.0. The summed E-state index contributed by atoms with van der Waals surface area (Å²) in [5.41, 5.74) is 1.09. The van der Waals surface area contributed by atoms with Gasteiger partial charge in [0.25, 0.3) is 0 Å². The number of halogens is 3. The highest BCUT2D eigenvalue weighted by Gasteiger charge is 2.29. The minimum atomic E-state index is -4.34. The number of methoxy groups -OCH3 is 1. The normalized spacial score (nSPS) is 11.4. The Morgan fingerprint density at radius 2 is 1.74 bits per heavy atom. The molecule has 0 aromatic heterocycles. The highest BCUT2D eigenvalue weighted by atomic mass is 19.4. The van der Waals surface area contributed by atoms with Crippen molar-refractivity contribution in [2.24, 2.45) is 0 Å². The van der Waals surface area contributed by atoms with E-state index in [1.54, 1.807) is 42.5 Å². The molecule has 0 spiro atoms. The zero-order valence-electron chi connectivity index (χ0n) is 16.6. The van der Waals surface area contributed by atoms with E-state index in [1.165, 1.54) is 19.2 Å². The Morgan fingerprint density at radius 3 is 2.45 bits per heavy atom. The molecule has 0 unspecified atom stereocenters. The SMILES string of the molecule is COC(=O)c1cccc(Oc2ccccc2NCC=Cc2ccc(C(F)(F)F)cc2)c1. The minimum Gasteiger partial charge on any atom is -0.465 e. The van der Waals surface area contributed by atoms with Crippen molar-refractivity contribution in [1.29, 1.82) is 0 Å². The van der Waals surface area contributed by atoms with Crippen LogP contribution in [-0.4, -0.2) is 19.6 Å². The van der Waals surface area contributed by atoms with E-state index in [9.17, 15) is 18.0 Å². The number of anilines is 1. The third-order valence-corrected chi connectivity index (χ3v) is 4.33. The van der Waals surface area contributed by atoms with E-state index in [-0.39, 0.29) is 0 Å². The molecule has 0 fully saturated rings. The van der Waals surface area contributed by atoms with Crippen molar-refractivity contribution < 1.29 is 27.4 Å². The molecule has 31 heavy (non-hydrogen) atoms. The quantitative estimate of drug-likeness (QED) is 0.443. The molecular weight excluding hydrogens is 407 g/mol. The minimum absolute atomic E-state index is 0.380. The van der Waals surface area contributed by atoms with Crippen LogP contribution in [0, 0.1) is 0 Å². The number of hydrogen-bond acceptors (Lipinski definition) is 4. The van der Waals surface area contributed by atoms with Crippen LogP contribution in [0.15, 0.2) is 78.9 Å². The molecule has 0 saturated carbocycles. The summed E-state index contributed by atoms with van der Waals surface area (Å²) >= 11 is 0. The van der Waals surface area contributed by atoms with Gasteiger partial charge in [-0.2, -0.15) is 13.2 Å². The van der Waals surface area contributed by atoms with Gasteiger partial charge >= 0.3 is 12.1 Å². The van der Waals surface area contributed by atoms with Gasteiger partial charge in [-0.3, -0.25) is 0 Å². The predicted molar refractivity (Wildman–Crippen MR) is 113 cm³/mol. The summed E-state index contributed by atoms with van der Waals surface area (Å²) in [5, 5.41) is 3.20. The number of benzene rings is 3. The number of carbonyl (C=O) groups excluding carboxylic acids is 1. The summed E-state index contributed by atoms with van der Waals surface area (Å²) < 4.78 is 48.5. The average Bonchev–Trinajstić information content (AvgIpc) is 2.77. The van der Waals surface area contributed by atoms with E-state index in [4.69, 9.17) is 9.47 Å². The molecule has 4 nitrogen and oxygen atoms in total. The maximum atomic E-state index is 12.6. The van der Waals surface area contributed by atoms with Crippen LogP contribution < -0.4 is 10.1 Å². The molecule has 0 aliphatic rings. The average molecular weight is 427 g/mol. The van der Waals surface area contributed by atoms with Crippen molar-refractivity contribution >= 4 is 17.7 Å². The Morgan fingerprint density at radius 1 is 1.00 bits per heavy atom. The van der Waals surface area contributed by atoms with Crippen molar-refractivity contribution in [3.8, 4) is 11.5 Å². The third kappa shape index (κ3) is 6.12. The Labute approximate surface area is 177 Å². The van der Waals surface area contributed by atoms with E-state index in [1.807, 2.05) is 18.2 Å². The van der Waals surface area contributed by atoms with E-state index in [0.29, 0.717) is 29.2 Å². The van der Waals surface area contributed by atoms with Crippen LogP contribution in [0.1, 0.15) is 21.5 Å². The van der Waals surface area contributed by atoms with Crippen LogP contribution in [0.5, 0.6) is 11.5 Å². The standard InChI is InChI=1S/C24H20F3NO3/c1-30-23(29)18-7-4-8-20(16-18)31-22-10-3-2-9-21(22)28-15-5-6-17-11-13-19(14-12-17)24(25,26)27/h2-14,16,28H,15H2,1H3. The van der Waals surface area contributed by atoms with E-state index < -0.39 is 17.7 Å². The molecule has 3 aromatic rings. The maximum absolute atomic E-state index is 12.6. The van der Waals surface area contributed by atoms with E-state index >= 15 is 0 Å². The van der Waals surface area contributed by atoms with Crippen molar-refractivity contribution in [3.63, 3.8) is 0 Å². The van der Waals surface area contributed by atoms with Crippen LogP contribution in [-0.2, 0) is 10.9 Å². The molecule has 1 N–H and O–H groups in total. The van der Waals surface area contributed by atoms with Crippen LogP contribution in [0.2, 0.25) is 0 Å². The van der Waals surface area contributed by atoms with Gasteiger partial charge in [-0.25, -0.2) is 4.79 Å². The Hall–Kier alpha value is -3.74. The molecule has 3 rings (SSSR count). The van der Waals surface area contributed by atoms with Crippen molar-refractivity contribution in [3.05, 3.63) is 95.6 Å². The largest absolute Gasteiger partial charge is 0.465 e. The van der Waals surface area contributed by atoms with Gasteiger partial charge in [0.15, 0.2) is 5.75 Å². The number of nitrogens with one attached hydrogen (secondary N) is 1. The smallest absolute Gasteiger partial charge is 0.416 e. The summed E-state index contributed by atoms with van der Waals surface area (Å²) in [6.45, 7) is 0.434. The maximum Gasteiger partial charge on any atom is 0.416 e. The number of hydrogen-bond donors (Lipinski definition) is 1. The first-order valence-electron chi connectivity index (χ1n) is 9.40. The molecule has 3 aromatic carbocycles. The molecule has 0 atom stereocenters. The molecule has 0 heterocycles. The number of alkyl halides is 3. The van der Waals surface area contributed by atoms with Crippen molar-refractivity contribution in [1.82, 2.24) is 0 Å². The van der Waals surface area contributed by atoms with Gasteiger partial charge in [0, 0.05) is 6.54 Å². The lowest BCUT2D eigenvalue weighted by molar-refractivity contribution is -0.137. The summed E-state index contributed by atoms with van der Waals surface area (Å²) in [4.78, 5) is 11.7. The summed E-state index contributed by atoms with van der Waals surface area (Å²) in [5.74, 6) is 0.593. The van der Waals surface area contributed by atoms with Crippen LogP contribution in [0.4, 0.5) is 18.9 Å². The highest BCUT2D eigenvalue weighted by molar-refractivity contribution is 5.89. The fourth-order valence-electron chi connectivity index (χ4n) is 2.78. The van der Waals surface area contributed by atoms with Gasteiger partial charge in [0.05, 0.1) is 23.9 Å². The lowest BCUT2D eigenvalue weighted by Crippen LogP contribution is -2.04. The second-order valence-corrected chi connectivity index (χ2v) is 6.52. The van der Waals surface area contributed by atoms with Crippen LogP contribution in [0.3, 0.4) is 0 Å². The van der Waals surface area contributed by atoms with Crippen LogP contribution in [0.25, 0.3) is 6.08 Å². The van der Waals surface area contributed by atoms with Gasteiger partial charge < -0.3 is 14.8 Å². The molecule has 7 heteroatoms. The van der Waals surface area contributed by atoms with Crippen molar-refractivity contribution in [2.75, 3.05) is 19.0 Å². The molecule has 0 bridgehead atoms. The first-order chi connectivity index (χ1) is 14.9. The monoisotopic (exact) mass is 427 g/mol. The lowest BCUT2D eigenvalue weighted by Gasteiger charge is -2.12. The molecule has 0 aliphatic carbocycles. The topological polar surface area (TPSA) is 47.6 Å². The van der Waals surface area contributed by atoms with Crippen LogP contribution >= 0.6 is 0 Å². The summed E-state index contributed by atoms with van der Waals surface area (Å²) in [6, 6.07) is 18.9. The fourth-order valence-corrected chi connectivity index (χ4v) is 2.78. The molecule has 0 radical (unpaired) electrons. The molecule has 160 valence electrons. The predicted octanol–water partition coefficient (Wildman–Crippen LogP) is 6.41. The number of para-hydroxylation sites is 2. The zero-order chi connectivity index (χ0) is 22.3. The molecular formula is C24H20F3NO3. The number of rotatable bonds is 7. The molecule has 0 saturated heterocycles. The van der Waals surface area contributed by atoms with Crippen molar-refractivity contribution in [2.45, 2.75) is 6.18 Å². The first-order valence-corrected chi connectivity index (χ1v) is 9.40. The lowest BCUT2D eigenvalue weighted by atomic mass is 10.1. The highest BCUT2D eigenvalue weighted by Crippen LogP contribution is 2.30. The fraction of sp³-hybridized carbons (Fsp3) is 0.125. The van der Waals surface area contributed by atoms with Gasteiger partial charge in [0.2, 0.25) is 0 Å². The third-order valence-electron chi connectivity index (χ3n) is 4.33. The number of ether oxygens (including phenoxy) is 2. The van der Waals surface area contributed by atoms with Gasteiger partial charge in [-0.05, 0) is 48.0 Å². The Kier molecular flexibility index (Phi) is 6.97. The Balaban J connectivity index is 1.63. The zero-order valence-corrected chi connectivity index (χ0v) is 16.6. The number of carbonyl (C=O) groups is 1. The second-order valence-electron chi connectivity index (χ2n) is 6.52. The van der Waals surface area contributed by atoms with E-state index in [2.05, 4.69) is 5.32 Å². The molecule has 0 amide bonds. The van der Waals surface area contributed by atoms with Gasteiger partial charge in [0.1, 0.15) is 5.75 Å². The van der Waals surface area contributed by atoms with Gasteiger partial charge in [-0.15, -0.1) is 0 Å².